The molecule has 0 spiro atoms. The zero-order chi connectivity index (χ0) is 16.7. The number of hydrogen-bond acceptors (Lipinski definition) is 4. The number of nitrogens with one attached hydrogen (secondary N) is 1. The Hall–Kier alpha value is -2.53. The van der Waals surface area contributed by atoms with Gasteiger partial charge in [-0.25, -0.2) is 0 Å². The van der Waals surface area contributed by atoms with E-state index in [0.717, 1.165) is 23.5 Å². The summed E-state index contributed by atoms with van der Waals surface area (Å²) in [5.41, 5.74) is 7.99. The van der Waals surface area contributed by atoms with Gasteiger partial charge in [-0.1, -0.05) is 18.2 Å². The van der Waals surface area contributed by atoms with Crippen LogP contribution in [0.5, 0.6) is 5.75 Å². The van der Waals surface area contributed by atoms with E-state index in [1.165, 1.54) is 0 Å². The molecule has 0 radical (unpaired) electrons. The van der Waals surface area contributed by atoms with E-state index in [2.05, 4.69) is 10.2 Å². The maximum atomic E-state index is 12.1. The van der Waals surface area contributed by atoms with Crippen LogP contribution in [0, 0.1) is 0 Å². The van der Waals surface area contributed by atoms with Crippen LogP contribution in [0.2, 0.25) is 0 Å². The molecule has 3 N–H and O–H groups in total. The molecular weight excluding hydrogens is 290 g/mol. The fraction of sp³-hybridized carbons (Fsp3) is 0.278. The molecule has 0 bridgehead atoms. The van der Waals surface area contributed by atoms with Crippen molar-refractivity contribution in [2.45, 2.75) is 6.42 Å². The molecule has 0 saturated carbocycles. The number of hydrogen-bond donors (Lipinski definition) is 2. The maximum Gasteiger partial charge on any atom is 0.228 e. The second kappa shape index (κ2) is 8.19. The first-order chi connectivity index (χ1) is 11.0. The minimum atomic E-state index is -0.0824. The minimum absolute atomic E-state index is 0.0824. The van der Waals surface area contributed by atoms with Crippen molar-refractivity contribution in [3.8, 4) is 5.75 Å². The summed E-state index contributed by atoms with van der Waals surface area (Å²) in [6, 6.07) is 14.7. The molecule has 23 heavy (non-hydrogen) atoms. The molecule has 0 aromatic heterocycles. The molecule has 2 aromatic rings. The standard InChI is InChI=1S/C18H23N3O2/c1-21(2)9-10-23-17-8-4-7-16(13-17)20-18(22)12-14-5-3-6-15(19)11-14/h3-8,11,13H,9-10,12,19H2,1-2H3,(H,20,22). The van der Waals surface area contributed by atoms with E-state index in [1.54, 1.807) is 12.1 Å². The Morgan fingerprint density at radius 1 is 1.17 bits per heavy atom. The fourth-order valence-electron chi connectivity index (χ4n) is 2.10. The Morgan fingerprint density at radius 2 is 1.96 bits per heavy atom. The van der Waals surface area contributed by atoms with Gasteiger partial charge in [0, 0.05) is 24.0 Å². The Kier molecular flexibility index (Phi) is 6.00. The maximum absolute atomic E-state index is 12.1. The van der Waals surface area contributed by atoms with E-state index in [9.17, 15) is 4.79 Å². The number of rotatable bonds is 7. The zero-order valence-electron chi connectivity index (χ0n) is 13.6. The summed E-state index contributed by atoms with van der Waals surface area (Å²) < 4.78 is 5.66. The van der Waals surface area contributed by atoms with Crippen molar-refractivity contribution < 1.29 is 9.53 Å². The van der Waals surface area contributed by atoms with Gasteiger partial charge < -0.3 is 20.7 Å². The van der Waals surface area contributed by atoms with Crippen LogP contribution in [0.15, 0.2) is 48.5 Å². The van der Waals surface area contributed by atoms with Crippen molar-refractivity contribution in [1.29, 1.82) is 0 Å². The van der Waals surface area contributed by atoms with Crippen molar-refractivity contribution in [3.05, 3.63) is 54.1 Å². The highest BCUT2D eigenvalue weighted by Gasteiger charge is 2.05. The van der Waals surface area contributed by atoms with Gasteiger partial charge in [-0.3, -0.25) is 4.79 Å². The number of carbonyl (C=O) groups is 1. The number of nitrogens with two attached hydrogens (primary N) is 1. The van der Waals surface area contributed by atoms with Crippen LogP contribution >= 0.6 is 0 Å². The van der Waals surface area contributed by atoms with E-state index in [-0.39, 0.29) is 12.3 Å². The molecule has 2 rings (SSSR count). The highest BCUT2D eigenvalue weighted by Crippen LogP contribution is 2.18. The van der Waals surface area contributed by atoms with Crippen molar-refractivity contribution >= 4 is 17.3 Å². The first kappa shape index (κ1) is 16.8. The van der Waals surface area contributed by atoms with Gasteiger partial charge in [0.1, 0.15) is 12.4 Å². The molecule has 0 unspecified atom stereocenters. The van der Waals surface area contributed by atoms with Crippen LogP contribution in [-0.4, -0.2) is 38.1 Å². The monoisotopic (exact) mass is 313 g/mol. The van der Waals surface area contributed by atoms with Crippen molar-refractivity contribution in [2.24, 2.45) is 0 Å². The Labute approximate surface area is 137 Å². The summed E-state index contributed by atoms with van der Waals surface area (Å²) in [5.74, 6) is 0.662. The molecule has 0 fully saturated rings. The third-order valence-corrected chi connectivity index (χ3v) is 3.24. The third-order valence-electron chi connectivity index (χ3n) is 3.24. The van der Waals surface area contributed by atoms with Gasteiger partial charge in [0.25, 0.3) is 0 Å². The topological polar surface area (TPSA) is 67.6 Å². The van der Waals surface area contributed by atoms with Gasteiger partial charge in [0.05, 0.1) is 6.42 Å². The number of benzene rings is 2. The lowest BCUT2D eigenvalue weighted by Crippen LogP contribution is -2.19. The molecule has 2 aromatic carbocycles. The molecule has 0 aliphatic rings. The Morgan fingerprint density at radius 3 is 2.70 bits per heavy atom. The predicted octanol–water partition coefficient (Wildman–Crippen LogP) is 2.39. The minimum Gasteiger partial charge on any atom is -0.492 e. The summed E-state index contributed by atoms with van der Waals surface area (Å²) in [6.07, 6.45) is 0.288. The van der Waals surface area contributed by atoms with Crippen LogP contribution in [0.25, 0.3) is 0 Å². The van der Waals surface area contributed by atoms with E-state index in [1.807, 2.05) is 50.5 Å². The van der Waals surface area contributed by atoms with Crippen molar-refractivity contribution in [3.63, 3.8) is 0 Å². The SMILES string of the molecule is CN(C)CCOc1cccc(NC(=O)Cc2cccc(N)c2)c1. The molecule has 0 aliphatic carbocycles. The molecule has 122 valence electrons. The first-order valence-electron chi connectivity index (χ1n) is 7.55. The molecular formula is C18H23N3O2. The summed E-state index contributed by atoms with van der Waals surface area (Å²) in [6.45, 7) is 1.44. The third kappa shape index (κ3) is 6.00. The Bertz CT molecular complexity index is 656. The van der Waals surface area contributed by atoms with Gasteiger partial charge >= 0.3 is 0 Å². The lowest BCUT2D eigenvalue weighted by atomic mass is 10.1. The molecule has 1 amide bonds. The van der Waals surface area contributed by atoms with Gasteiger partial charge in [0.2, 0.25) is 5.91 Å². The Balaban J connectivity index is 1.90. The predicted molar refractivity (Wildman–Crippen MR) is 93.7 cm³/mol. The van der Waals surface area contributed by atoms with Gasteiger partial charge in [0.15, 0.2) is 0 Å². The number of ether oxygens (including phenoxy) is 1. The van der Waals surface area contributed by atoms with E-state index in [4.69, 9.17) is 10.5 Å². The number of nitrogens with zero attached hydrogens (tertiary/aromatic N) is 1. The number of amides is 1. The number of anilines is 2. The number of nitrogen functional groups attached to an aromatic ring is 1. The lowest BCUT2D eigenvalue weighted by molar-refractivity contribution is -0.115. The second-order valence-electron chi connectivity index (χ2n) is 5.65. The lowest BCUT2D eigenvalue weighted by Gasteiger charge is -2.12. The van der Waals surface area contributed by atoms with E-state index >= 15 is 0 Å². The molecule has 0 saturated heterocycles. The van der Waals surface area contributed by atoms with Gasteiger partial charge in [-0.05, 0) is 43.9 Å². The zero-order valence-corrected chi connectivity index (χ0v) is 13.6. The summed E-state index contributed by atoms with van der Waals surface area (Å²) in [7, 11) is 3.99. The molecule has 0 aliphatic heterocycles. The summed E-state index contributed by atoms with van der Waals surface area (Å²) in [5, 5.41) is 2.88. The second-order valence-corrected chi connectivity index (χ2v) is 5.65. The molecule has 0 heterocycles. The smallest absolute Gasteiger partial charge is 0.228 e. The summed E-state index contributed by atoms with van der Waals surface area (Å²) in [4.78, 5) is 14.2. The quantitative estimate of drug-likeness (QED) is 0.770. The normalized spacial score (nSPS) is 10.6. The van der Waals surface area contributed by atoms with Crippen molar-refractivity contribution in [1.82, 2.24) is 4.90 Å². The first-order valence-corrected chi connectivity index (χ1v) is 7.55. The summed E-state index contributed by atoms with van der Waals surface area (Å²) >= 11 is 0. The highest BCUT2D eigenvalue weighted by atomic mass is 16.5. The average molecular weight is 313 g/mol. The molecule has 5 nitrogen and oxygen atoms in total. The number of carbonyl (C=O) groups excluding carboxylic acids is 1. The fourth-order valence-corrected chi connectivity index (χ4v) is 2.10. The van der Waals surface area contributed by atoms with Crippen LogP contribution in [0.1, 0.15) is 5.56 Å². The molecule has 0 atom stereocenters. The molecule has 5 heteroatoms. The largest absolute Gasteiger partial charge is 0.492 e. The van der Waals surface area contributed by atoms with Crippen LogP contribution in [-0.2, 0) is 11.2 Å². The average Bonchev–Trinajstić information content (AvgIpc) is 2.47. The van der Waals surface area contributed by atoms with Crippen LogP contribution in [0.4, 0.5) is 11.4 Å². The van der Waals surface area contributed by atoms with Gasteiger partial charge in [-0.2, -0.15) is 0 Å². The van der Waals surface area contributed by atoms with Crippen LogP contribution < -0.4 is 15.8 Å². The van der Waals surface area contributed by atoms with Gasteiger partial charge in [-0.15, -0.1) is 0 Å². The van der Waals surface area contributed by atoms with E-state index in [0.29, 0.717) is 12.3 Å². The number of likely N-dealkylation sites (N-methyl/N-ethyl adjacent to an activating group) is 1. The highest BCUT2D eigenvalue weighted by molar-refractivity contribution is 5.92. The van der Waals surface area contributed by atoms with Crippen molar-refractivity contribution in [2.75, 3.05) is 38.3 Å². The van der Waals surface area contributed by atoms with E-state index < -0.39 is 0 Å². The van der Waals surface area contributed by atoms with Crippen LogP contribution in [0.3, 0.4) is 0 Å².